The molecule has 0 spiro atoms. The number of ether oxygens (including phenoxy) is 6. The Labute approximate surface area is 391 Å². The maximum atomic E-state index is 12.5. The third-order valence-electron chi connectivity index (χ3n) is 10.6. The average molecular weight is 958 g/mol. The molecule has 10 nitrogen and oxygen atoms in total. The second-order valence-corrected chi connectivity index (χ2v) is 36.6. The summed E-state index contributed by atoms with van der Waals surface area (Å²) >= 11 is 0. The molecule has 0 aromatic heterocycles. The van der Waals surface area contributed by atoms with Gasteiger partial charge in [0.1, 0.15) is 24.7 Å². The maximum Gasteiger partial charge on any atom is 0.513 e. The quantitative estimate of drug-likeness (QED) is 0.0354. The zero-order valence-electron chi connectivity index (χ0n) is 39.4. The molecule has 0 N–H and O–H groups in total. The molecule has 0 saturated heterocycles. The molecule has 0 unspecified atom stereocenters. The van der Waals surface area contributed by atoms with Gasteiger partial charge >= 0.3 is 12.3 Å². The van der Waals surface area contributed by atoms with Crippen LogP contribution >= 0.6 is 0 Å². The monoisotopic (exact) mass is 957 g/mol. The summed E-state index contributed by atoms with van der Waals surface area (Å²) in [7, 11) is -6.70. The minimum Gasteiger partial charge on any atom is -0.455 e. The molecule has 0 aliphatic rings. The first kappa shape index (κ1) is 65.0. The summed E-state index contributed by atoms with van der Waals surface area (Å²) in [5.41, 5.74) is 3.30. The van der Waals surface area contributed by atoms with Crippen molar-refractivity contribution in [3.63, 3.8) is 0 Å². The van der Waals surface area contributed by atoms with Crippen LogP contribution in [0, 0.1) is 13.8 Å². The highest BCUT2D eigenvalue weighted by atomic mass is 28.4. The summed E-state index contributed by atoms with van der Waals surface area (Å²) in [5, 5.41) is 0. The second kappa shape index (κ2) is 30.8. The Kier molecular flexibility index (Phi) is 31.8. The van der Waals surface area contributed by atoms with Gasteiger partial charge in [-0.1, -0.05) is 107 Å². The largest absolute Gasteiger partial charge is 0.513 e. The van der Waals surface area contributed by atoms with Crippen LogP contribution in [0.4, 0.5) is 9.59 Å². The topological polar surface area (TPSA) is 108 Å². The van der Waals surface area contributed by atoms with Crippen molar-refractivity contribution in [1.29, 1.82) is 0 Å². The van der Waals surface area contributed by atoms with Crippen LogP contribution in [0.1, 0.15) is 118 Å². The van der Waals surface area contributed by atoms with E-state index < -0.39 is 51.0 Å². The van der Waals surface area contributed by atoms with Gasteiger partial charge < -0.3 is 36.7 Å². The highest BCUT2D eigenvalue weighted by Gasteiger charge is 2.33. The van der Waals surface area contributed by atoms with Crippen molar-refractivity contribution in [3.8, 4) is 11.5 Å². The summed E-state index contributed by atoms with van der Waals surface area (Å²) < 4.78 is 46.5. The van der Waals surface area contributed by atoms with Crippen molar-refractivity contribution in [3.05, 3.63) is 58.7 Å². The van der Waals surface area contributed by atoms with Gasteiger partial charge in [-0.05, 0) is 138 Å². The summed E-state index contributed by atoms with van der Waals surface area (Å²) in [6.45, 7) is 33.1. The van der Waals surface area contributed by atoms with Gasteiger partial charge in [-0.2, -0.15) is 0 Å². The molecule has 0 fully saturated rings. The van der Waals surface area contributed by atoms with Gasteiger partial charge in [-0.3, -0.25) is 0 Å². The minimum atomic E-state index is -1.74. The number of carbonyl (C=O) groups is 2. The van der Waals surface area contributed by atoms with Gasteiger partial charge in [0.15, 0.2) is 33.3 Å². The Bertz CT molecular complexity index is 1470. The van der Waals surface area contributed by atoms with E-state index in [2.05, 4.69) is 80.1 Å². The van der Waals surface area contributed by atoms with Crippen LogP contribution in [0.5, 0.6) is 11.5 Å². The predicted octanol–water partition coefficient (Wildman–Crippen LogP) is 15.5. The number of unbranched alkanes of at least 4 members (excludes halogenated alkanes) is 2. The van der Waals surface area contributed by atoms with Gasteiger partial charge in [0.25, 0.3) is 0 Å². The van der Waals surface area contributed by atoms with E-state index in [-0.39, 0.29) is 42.9 Å². The fourth-order valence-corrected chi connectivity index (χ4v) is 25.4. The molecule has 0 heterocycles. The van der Waals surface area contributed by atoms with Crippen LogP contribution in [-0.2, 0) is 32.6 Å². The zero-order valence-corrected chi connectivity index (χ0v) is 43.4. The fraction of sp³-hybridized carbons (Fsp3) is 0.714. The maximum absolute atomic E-state index is 12.5. The Morgan fingerprint density at radius 1 is 0.492 bits per heavy atom. The van der Waals surface area contributed by atoms with E-state index in [4.69, 9.17) is 36.7 Å². The first-order chi connectivity index (χ1) is 27.5. The van der Waals surface area contributed by atoms with Crippen LogP contribution in [0.2, 0.25) is 76.6 Å². The number of benzene rings is 2. The molecule has 14 heteroatoms. The molecule has 0 aliphatic heterocycles. The highest BCUT2D eigenvalue weighted by Crippen LogP contribution is 2.36. The SMILES string of the molecule is C.C.C.C.CCCC[Si](C)(C)O[Si](C)(C)CCCOCCOC(=O)Oc1ccc(C(C)(C)c2ccc(OC(=O)OCCOCCC[Si](C)(C)O[Si](C)(C)CCCC)c(C)c2)cc1C. The van der Waals surface area contributed by atoms with E-state index in [1.807, 2.05) is 38.1 Å². The van der Waals surface area contributed by atoms with Crippen molar-refractivity contribution in [2.24, 2.45) is 0 Å². The lowest BCUT2D eigenvalue weighted by Gasteiger charge is -2.34. The van der Waals surface area contributed by atoms with E-state index in [1.165, 1.54) is 37.8 Å². The van der Waals surface area contributed by atoms with Crippen molar-refractivity contribution in [2.45, 2.75) is 192 Å². The van der Waals surface area contributed by atoms with Crippen LogP contribution in [0.25, 0.3) is 0 Å². The average Bonchev–Trinajstić information content (AvgIpc) is 3.13. The Morgan fingerprint density at radius 2 is 0.810 bits per heavy atom. The van der Waals surface area contributed by atoms with Crippen molar-refractivity contribution < 1.29 is 46.2 Å². The highest BCUT2D eigenvalue weighted by molar-refractivity contribution is 6.85. The summed E-state index contributed by atoms with van der Waals surface area (Å²) in [5.74, 6) is 0.881. The summed E-state index contributed by atoms with van der Waals surface area (Å²) in [6.07, 6.45) is 5.24. The molecule has 368 valence electrons. The molecule has 2 aromatic carbocycles. The molecule has 0 atom stereocenters. The molecule has 0 radical (unpaired) electrons. The van der Waals surface area contributed by atoms with Gasteiger partial charge in [0, 0.05) is 18.6 Å². The smallest absolute Gasteiger partial charge is 0.455 e. The third-order valence-corrected chi connectivity index (χ3v) is 25.7. The van der Waals surface area contributed by atoms with Crippen LogP contribution < -0.4 is 9.47 Å². The van der Waals surface area contributed by atoms with E-state index in [9.17, 15) is 9.59 Å². The van der Waals surface area contributed by atoms with Crippen molar-refractivity contribution in [2.75, 3.05) is 39.6 Å². The zero-order chi connectivity index (χ0) is 44.3. The van der Waals surface area contributed by atoms with Crippen LogP contribution in [-0.4, -0.2) is 85.2 Å². The molecule has 0 aliphatic carbocycles. The first-order valence-corrected chi connectivity index (χ1v) is 34.4. The van der Waals surface area contributed by atoms with Crippen molar-refractivity contribution in [1.82, 2.24) is 0 Å². The fourth-order valence-electron chi connectivity index (χ4n) is 7.39. The van der Waals surface area contributed by atoms with Gasteiger partial charge in [-0.15, -0.1) is 0 Å². The lowest BCUT2D eigenvalue weighted by molar-refractivity contribution is 0.0517. The Morgan fingerprint density at radius 3 is 1.11 bits per heavy atom. The standard InChI is InChI=1S/C45H80O10Si4.4CH4/c1-15-17-31-56(7,8)54-58(11,12)33-19-25-48-27-29-50-43(46)52-41-23-21-39(35-37(41)3)45(5,6)40-22-24-42(38(4)36-40)53-44(47)51-30-28-49-26-20-34-59(13,14)55-57(9,10)32-18-16-2;;;;/h21-24,35-36H,15-20,25-34H2,1-14H3;4*1H4. The molecular weight excluding hydrogens is 861 g/mol. The molecule has 0 saturated carbocycles. The lowest BCUT2D eigenvalue weighted by atomic mass is 9.77. The Balaban J connectivity index is -0.00000900. The molecule has 2 aromatic rings. The second-order valence-electron chi connectivity index (χ2n) is 18.9. The van der Waals surface area contributed by atoms with Gasteiger partial charge in [0.2, 0.25) is 0 Å². The minimum absolute atomic E-state index is 0. The molecular formula is C49H96O10Si4. The lowest BCUT2D eigenvalue weighted by Crippen LogP contribution is -2.44. The third kappa shape index (κ3) is 25.8. The van der Waals surface area contributed by atoms with E-state index in [1.54, 1.807) is 12.1 Å². The van der Waals surface area contributed by atoms with E-state index in [0.29, 0.717) is 37.9 Å². The number of aryl methyl sites for hydroxylation is 2. The van der Waals surface area contributed by atoms with Gasteiger partial charge in [0.05, 0.1) is 13.2 Å². The van der Waals surface area contributed by atoms with E-state index in [0.717, 1.165) is 47.2 Å². The molecule has 2 rings (SSSR count). The van der Waals surface area contributed by atoms with E-state index >= 15 is 0 Å². The molecule has 0 amide bonds. The number of hydrogen-bond donors (Lipinski definition) is 0. The molecule has 63 heavy (non-hydrogen) atoms. The van der Waals surface area contributed by atoms with Crippen LogP contribution in [0.3, 0.4) is 0 Å². The van der Waals surface area contributed by atoms with Crippen molar-refractivity contribution >= 4 is 45.6 Å². The molecule has 0 bridgehead atoms. The number of hydrogen-bond acceptors (Lipinski definition) is 10. The summed E-state index contributed by atoms with van der Waals surface area (Å²) in [6, 6.07) is 16.0. The number of carbonyl (C=O) groups excluding carboxylic acids is 2. The predicted molar refractivity (Wildman–Crippen MR) is 277 cm³/mol. The Hall–Kier alpha value is -2.31. The summed E-state index contributed by atoms with van der Waals surface area (Å²) in [4.78, 5) is 25.0. The number of rotatable bonds is 28. The first-order valence-electron chi connectivity index (χ1n) is 22.0. The van der Waals surface area contributed by atoms with Crippen LogP contribution in [0.15, 0.2) is 36.4 Å². The van der Waals surface area contributed by atoms with Gasteiger partial charge in [-0.25, -0.2) is 9.59 Å². The normalized spacial score (nSPS) is 11.9.